The predicted octanol–water partition coefficient (Wildman–Crippen LogP) is 3.88. The molecular weight excluding hydrogens is 345 g/mol. The Kier molecular flexibility index (Phi) is 4.71. The van der Waals surface area contributed by atoms with Gasteiger partial charge >= 0.3 is 0 Å². The maximum Gasteiger partial charge on any atom is 0.242 e. The van der Waals surface area contributed by atoms with Gasteiger partial charge in [-0.25, -0.2) is 13.2 Å². The monoisotopic (exact) mass is 362 g/mol. The fourth-order valence-corrected chi connectivity index (χ4v) is 2.84. The number of nitrogens with zero attached hydrogens (tertiary/aromatic N) is 1. The Hall–Kier alpha value is -2.83. The van der Waals surface area contributed by atoms with E-state index in [1.165, 1.54) is 4.90 Å². The van der Waals surface area contributed by atoms with Crippen LogP contribution in [0.4, 0.5) is 24.5 Å². The van der Waals surface area contributed by atoms with Crippen molar-refractivity contribution in [2.45, 2.75) is 19.8 Å². The van der Waals surface area contributed by atoms with Crippen molar-refractivity contribution in [1.82, 2.24) is 0 Å². The second kappa shape index (κ2) is 6.82. The molecule has 0 aliphatic heterocycles. The molecule has 0 radical (unpaired) electrons. The van der Waals surface area contributed by atoms with E-state index in [0.717, 1.165) is 12.1 Å². The van der Waals surface area contributed by atoms with Crippen LogP contribution >= 0.6 is 0 Å². The lowest BCUT2D eigenvalue weighted by Gasteiger charge is -2.26. The second-order valence-electron chi connectivity index (χ2n) is 6.14. The van der Waals surface area contributed by atoms with Crippen molar-refractivity contribution in [2.75, 3.05) is 16.8 Å². The van der Waals surface area contributed by atoms with Crippen molar-refractivity contribution < 1.29 is 22.8 Å². The quantitative estimate of drug-likeness (QED) is 0.648. The van der Waals surface area contributed by atoms with Gasteiger partial charge in [0.2, 0.25) is 11.8 Å². The summed E-state index contributed by atoms with van der Waals surface area (Å²) >= 11 is 0. The molecule has 1 fully saturated rings. The van der Waals surface area contributed by atoms with Gasteiger partial charge in [-0.1, -0.05) is 18.2 Å². The van der Waals surface area contributed by atoms with Crippen LogP contribution in [0.1, 0.15) is 19.8 Å². The zero-order chi connectivity index (χ0) is 18.9. The van der Waals surface area contributed by atoms with Crippen molar-refractivity contribution in [3.05, 3.63) is 59.9 Å². The first-order valence-electron chi connectivity index (χ1n) is 8.22. The summed E-state index contributed by atoms with van der Waals surface area (Å²) < 4.78 is 40.2. The van der Waals surface area contributed by atoms with E-state index in [1.54, 1.807) is 31.2 Å². The standard InChI is InChI=1S/C19H17F3N2O2/c1-2-24(12-6-4-3-5-7-12)18(26)19(10-11-19)17(25)23-14-9-8-13(20)15(21)16(14)22/h3-9H,2,10-11H2,1H3,(H,23,25). The number of hydrogen-bond acceptors (Lipinski definition) is 2. The molecule has 2 aromatic rings. The van der Waals surface area contributed by atoms with Crippen molar-refractivity contribution >= 4 is 23.2 Å². The van der Waals surface area contributed by atoms with Gasteiger partial charge in [0.1, 0.15) is 5.41 Å². The van der Waals surface area contributed by atoms with E-state index >= 15 is 0 Å². The Morgan fingerprint density at radius 1 is 1.04 bits per heavy atom. The normalized spacial score (nSPS) is 14.6. The van der Waals surface area contributed by atoms with Gasteiger partial charge in [-0.3, -0.25) is 9.59 Å². The van der Waals surface area contributed by atoms with Gasteiger partial charge in [0.15, 0.2) is 17.5 Å². The van der Waals surface area contributed by atoms with E-state index in [0.29, 0.717) is 25.1 Å². The molecule has 3 rings (SSSR count). The van der Waals surface area contributed by atoms with Gasteiger partial charge < -0.3 is 10.2 Å². The first kappa shape index (κ1) is 18.0. The number of halogens is 3. The number of para-hydroxylation sites is 1. The summed E-state index contributed by atoms with van der Waals surface area (Å²) in [4.78, 5) is 27.0. The topological polar surface area (TPSA) is 49.4 Å². The smallest absolute Gasteiger partial charge is 0.242 e. The number of carbonyl (C=O) groups is 2. The molecule has 1 aliphatic carbocycles. The van der Waals surface area contributed by atoms with Gasteiger partial charge in [-0.2, -0.15) is 0 Å². The molecule has 2 amide bonds. The zero-order valence-electron chi connectivity index (χ0n) is 14.1. The van der Waals surface area contributed by atoms with Gasteiger partial charge in [-0.05, 0) is 44.0 Å². The second-order valence-corrected chi connectivity index (χ2v) is 6.14. The van der Waals surface area contributed by atoms with Crippen LogP contribution in [-0.2, 0) is 9.59 Å². The molecule has 136 valence electrons. The number of hydrogen-bond donors (Lipinski definition) is 1. The van der Waals surface area contributed by atoms with Crippen LogP contribution < -0.4 is 10.2 Å². The van der Waals surface area contributed by atoms with Crippen molar-refractivity contribution in [1.29, 1.82) is 0 Å². The van der Waals surface area contributed by atoms with E-state index in [-0.39, 0.29) is 0 Å². The predicted molar refractivity (Wildman–Crippen MR) is 91.1 cm³/mol. The largest absolute Gasteiger partial charge is 0.323 e. The van der Waals surface area contributed by atoms with E-state index in [4.69, 9.17) is 0 Å². The van der Waals surface area contributed by atoms with Gasteiger partial charge in [0, 0.05) is 12.2 Å². The van der Waals surface area contributed by atoms with Gasteiger partial charge in [0.05, 0.1) is 5.69 Å². The Bertz CT molecular complexity index is 851. The molecule has 1 aliphatic rings. The van der Waals surface area contributed by atoms with Crippen LogP contribution in [0.15, 0.2) is 42.5 Å². The van der Waals surface area contributed by atoms with Crippen LogP contribution in [0.3, 0.4) is 0 Å². The number of nitrogens with one attached hydrogen (secondary N) is 1. The maximum absolute atomic E-state index is 13.8. The number of benzene rings is 2. The SMILES string of the molecule is CCN(C(=O)C1(C(=O)Nc2ccc(F)c(F)c2F)CC1)c1ccccc1. The number of amides is 2. The molecule has 1 saturated carbocycles. The molecule has 26 heavy (non-hydrogen) atoms. The van der Waals surface area contributed by atoms with E-state index < -0.39 is 40.4 Å². The molecule has 0 atom stereocenters. The van der Waals surface area contributed by atoms with Gasteiger partial charge in [0.25, 0.3) is 0 Å². The lowest BCUT2D eigenvalue weighted by Crippen LogP contribution is -2.43. The molecule has 0 aromatic heterocycles. The van der Waals surface area contributed by atoms with E-state index in [1.807, 2.05) is 6.07 Å². The van der Waals surface area contributed by atoms with Crippen molar-refractivity contribution in [2.24, 2.45) is 5.41 Å². The van der Waals surface area contributed by atoms with Crippen LogP contribution in [0, 0.1) is 22.9 Å². The molecule has 1 N–H and O–H groups in total. The third kappa shape index (κ3) is 3.05. The van der Waals surface area contributed by atoms with Crippen molar-refractivity contribution in [3.8, 4) is 0 Å². The van der Waals surface area contributed by atoms with Gasteiger partial charge in [-0.15, -0.1) is 0 Å². The van der Waals surface area contributed by atoms with E-state index in [2.05, 4.69) is 5.32 Å². The molecule has 2 aromatic carbocycles. The van der Waals surface area contributed by atoms with Crippen LogP contribution in [0.5, 0.6) is 0 Å². The molecular formula is C19H17F3N2O2. The average molecular weight is 362 g/mol. The Balaban J connectivity index is 1.83. The lowest BCUT2D eigenvalue weighted by molar-refractivity contribution is -0.132. The van der Waals surface area contributed by atoms with Crippen LogP contribution in [-0.4, -0.2) is 18.4 Å². The molecule has 4 nitrogen and oxygen atoms in total. The van der Waals surface area contributed by atoms with Crippen molar-refractivity contribution in [3.63, 3.8) is 0 Å². The Morgan fingerprint density at radius 3 is 2.27 bits per heavy atom. The highest BCUT2D eigenvalue weighted by Crippen LogP contribution is 2.49. The summed E-state index contributed by atoms with van der Waals surface area (Å²) in [5.41, 5.74) is -1.16. The minimum atomic E-state index is -1.67. The highest BCUT2D eigenvalue weighted by molar-refractivity contribution is 6.17. The van der Waals surface area contributed by atoms with Crippen LogP contribution in [0.25, 0.3) is 0 Å². The highest BCUT2D eigenvalue weighted by Gasteiger charge is 2.58. The minimum absolute atomic E-state index is 0.312. The molecule has 0 saturated heterocycles. The maximum atomic E-state index is 13.8. The number of rotatable bonds is 5. The first-order chi connectivity index (χ1) is 12.4. The molecule has 7 heteroatoms. The summed E-state index contributed by atoms with van der Waals surface area (Å²) in [6.45, 7) is 2.14. The average Bonchev–Trinajstić information content (AvgIpc) is 3.45. The summed E-state index contributed by atoms with van der Waals surface area (Å²) in [5, 5.41) is 2.22. The summed E-state index contributed by atoms with van der Waals surface area (Å²) in [6, 6.07) is 10.5. The molecule has 0 unspecified atom stereocenters. The third-order valence-corrected chi connectivity index (χ3v) is 4.51. The highest BCUT2D eigenvalue weighted by atomic mass is 19.2. The van der Waals surface area contributed by atoms with Crippen LogP contribution in [0.2, 0.25) is 0 Å². The summed E-state index contributed by atoms with van der Waals surface area (Å²) in [6.07, 6.45) is 0.624. The van der Waals surface area contributed by atoms with E-state index in [9.17, 15) is 22.8 Å². The fourth-order valence-electron chi connectivity index (χ4n) is 2.84. The minimum Gasteiger partial charge on any atom is -0.323 e. The Labute approximate surface area is 148 Å². The third-order valence-electron chi connectivity index (χ3n) is 4.51. The molecule has 0 spiro atoms. The molecule has 0 heterocycles. The lowest BCUT2D eigenvalue weighted by atomic mass is 10.0. The summed E-state index contributed by atoms with van der Waals surface area (Å²) in [7, 11) is 0. The number of carbonyl (C=O) groups excluding carboxylic acids is 2. The fraction of sp³-hybridized carbons (Fsp3) is 0.263. The number of anilines is 2. The summed E-state index contributed by atoms with van der Waals surface area (Å²) in [5.74, 6) is -5.62. The molecule has 0 bridgehead atoms. The first-order valence-corrected chi connectivity index (χ1v) is 8.22. The zero-order valence-corrected chi connectivity index (χ0v) is 14.1. The Morgan fingerprint density at radius 2 is 1.69 bits per heavy atom.